The second-order valence-electron chi connectivity index (χ2n) is 2.70. The van der Waals surface area contributed by atoms with Crippen molar-refractivity contribution in [3.05, 3.63) is 40.4 Å². The molecule has 3 heteroatoms. The van der Waals surface area contributed by atoms with E-state index in [1.54, 1.807) is 6.07 Å². The molecule has 2 rings (SSSR count). The quantitative estimate of drug-likeness (QED) is 0.630. The number of nitrogens with one attached hydrogen (secondary N) is 1. The molecule has 60 valence electrons. The third-order valence-electron chi connectivity index (χ3n) is 1.87. The van der Waals surface area contributed by atoms with Crippen LogP contribution >= 0.6 is 0 Å². The highest BCUT2D eigenvalue weighted by Gasteiger charge is 1.99. The average Bonchev–Trinajstić information content (AvgIpc) is 2.07. The summed E-state index contributed by atoms with van der Waals surface area (Å²) in [6.07, 6.45) is 1.43. The summed E-state index contributed by atoms with van der Waals surface area (Å²) in [6, 6.07) is 5.57. The molecule has 0 radical (unpaired) electrons. The molecule has 0 bridgehead atoms. The predicted octanol–water partition coefficient (Wildman–Crippen LogP) is 1.23. The zero-order chi connectivity index (χ0) is 8.55. The summed E-state index contributed by atoms with van der Waals surface area (Å²) in [5.41, 5.74) is 1.73. The Morgan fingerprint density at radius 2 is 2.25 bits per heavy atom. The third-order valence-corrected chi connectivity index (χ3v) is 1.87. The number of fused-ring (bicyclic) bond motifs is 1. The van der Waals surface area contributed by atoms with Gasteiger partial charge in [-0.2, -0.15) is 0 Å². The summed E-state index contributed by atoms with van der Waals surface area (Å²) >= 11 is 0. The monoisotopic (exact) mass is 160 g/mol. The molecule has 0 fully saturated rings. The predicted molar refractivity (Wildman–Crippen MR) is 47.1 cm³/mol. The van der Waals surface area contributed by atoms with Gasteiger partial charge in [0.25, 0.3) is 5.56 Å². The lowest BCUT2D eigenvalue weighted by atomic mass is 10.1. The lowest BCUT2D eigenvalue weighted by Gasteiger charge is -1.97. The van der Waals surface area contributed by atoms with Gasteiger partial charge in [-0.3, -0.25) is 4.79 Å². The van der Waals surface area contributed by atoms with Crippen LogP contribution in [-0.2, 0) is 0 Å². The van der Waals surface area contributed by atoms with Crippen LogP contribution < -0.4 is 5.56 Å². The molecule has 0 spiro atoms. The van der Waals surface area contributed by atoms with E-state index in [2.05, 4.69) is 9.97 Å². The first-order valence-electron chi connectivity index (χ1n) is 3.72. The maximum absolute atomic E-state index is 11.2. The van der Waals surface area contributed by atoms with Gasteiger partial charge < -0.3 is 4.98 Å². The van der Waals surface area contributed by atoms with Crippen LogP contribution in [0.25, 0.3) is 10.9 Å². The molecule has 1 aromatic carbocycles. The van der Waals surface area contributed by atoms with E-state index in [0.717, 1.165) is 11.1 Å². The van der Waals surface area contributed by atoms with E-state index in [0.29, 0.717) is 5.39 Å². The number of aromatic amines is 1. The normalized spacial score (nSPS) is 10.4. The molecule has 0 aliphatic heterocycles. The zero-order valence-electron chi connectivity index (χ0n) is 6.66. The highest BCUT2D eigenvalue weighted by molar-refractivity contribution is 5.80. The van der Waals surface area contributed by atoms with Crippen LogP contribution in [0.5, 0.6) is 0 Å². The Bertz CT molecular complexity index is 473. The van der Waals surface area contributed by atoms with Gasteiger partial charge in [0.1, 0.15) is 0 Å². The summed E-state index contributed by atoms with van der Waals surface area (Å²) in [5.74, 6) is 0. The molecular weight excluding hydrogens is 152 g/mol. The van der Waals surface area contributed by atoms with Gasteiger partial charge in [-0.25, -0.2) is 4.98 Å². The summed E-state index contributed by atoms with van der Waals surface area (Å²) in [4.78, 5) is 17.9. The average molecular weight is 160 g/mol. The van der Waals surface area contributed by atoms with Crippen molar-refractivity contribution in [1.82, 2.24) is 9.97 Å². The second kappa shape index (κ2) is 2.44. The lowest BCUT2D eigenvalue weighted by molar-refractivity contribution is 1.16. The maximum atomic E-state index is 11.2. The minimum atomic E-state index is -0.0799. The zero-order valence-corrected chi connectivity index (χ0v) is 6.66. The fraction of sp³-hybridized carbons (Fsp3) is 0.111. The molecule has 0 atom stereocenters. The Hall–Kier alpha value is -1.64. The van der Waals surface area contributed by atoms with Crippen molar-refractivity contribution in [3.8, 4) is 0 Å². The third kappa shape index (κ3) is 0.906. The molecule has 0 aliphatic carbocycles. The number of aromatic nitrogens is 2. The molecule has 0 unspecified atom stereocenters. The standard InChI is InChI=1S/C9H8N2O/c1-6-3-2-4-7-8(6)10-5-11-9(7)12/h2-5H,1H3,(H,10,11,12). The fourth-order valence-corrected chi connectivity index (χ4v) is 1.25. The lowest BCUT2D eigenvalue weighted by Crippen LogP contribution is -2.06. The highest BCUT2D eigenvalue weighted by Crippen LogP contribution is 2.09. The summed E-state index contributed by atoms with van der Waals surface area (Å²) < 4.78 is 0. The molecule has 0 aliphatic rings. The number of rotatable bonds is 0. The Morgan fingerprint density at radius 1 is 1.42 bits per heavy atom. The fourth-order valence-electron chi connectivity index (χ4n) is 1.25. The van der Waals surface area contributed by atoms with Gasteiger partial charge in [0.15, 0.2) is 0 Å². The van der Waals surface area contributed by atoms with Gasteiger partial charge in [0.2, 0.25) is 0 Å². The van der Waals surface area contributed by atoms with Crippen molar-refractivity contribution in [2.45, 2.75) is 6.92 Å². The molecule has 1 N–H and O–H groups in total. The first-order valence-corrected chi connectivity index (χ1v) is 3.72. The Balaban J connectivity index is 3.05. The van der Waals surface area contributed by atoms with Crippen LogP contribution in [-0.4, -0.2) is 9.97 Å². The van der Waals surface area contributed by atoms with Gasteiger partial charge in [0, 0.05) is 0 Å². The van der Waals surface area contributed by atoms with Crippen molar-refractivity contribution in [2.24, 2.45) is 0 Å². The van der Waals surface area contributed by atoms with Crippen molar-refractivity contribution in [3.63, 3.8) is 0 Å². The number of hydrogen-bond acceptors (Lipinski definition) is 2. The van der Waals surface area contributed by atoms with Gasteiger partial charge >= 0.3 is 0 Å². The van der Waals surface area contributed by atoms with Crippen LogP contribution in [0.15, 0.2) is 29.3 Å². The molecular formula is C9H8N2O. The van der Waals surface area contributed by atoms with Gasteiger partial charge in [0.05, 0.1) is 17.2 Å². The van der Waals surface area contributed by atoms with E-state index in [1.807, 2.05) is 19.1 Å². The largest absolute Gasteiger partial charge is 0.313 e. The first-order chi connectivity index (χ1) is 5.79. The van der Waals surface area contributed by atoms with Gasteiger partial charge in [-0.15, -0.1) is 0 Å². The van der Waals surface area contributed by atoms with Crippen LogP contribution in [0.1, 0.15) is 5.56 Å². The van der Waals surface area contributed by atoms with Crippen molar-refractivity contribution in [2.75, 3.05) is 0 Å². The first kappa shape index (κ1) is 7.03. The Morgan fingerprint density at radius 3 is 3.00 bits per heavy atom. The van der Waals surface area contributed by atoms with Gasteiger partial charge in [-0.05, 0) is 18.6 Å². The minimum Gasteiger partial charge on any atom is -0.313 e. The number of nitrogens with zero attached hydrogens (tertiary/aromatic N) is 1. The van der Waals surface area contributed by atoms with E-state index >= 15 is 0 Å². The number of H-pyrrole nitrogens is 1. The van der Waals surface area contributed by atoms with Crippen molar-refractivity contribution >= 4 is 10.9 Å². The van der Waals surface area contributed by atoms with E-state index in [9.17, 15) is 4.79 Å². The Kier molecular flexibility index (Phi) is 1.43. The number of hydrogen-bond donors (Lipinski definition) is 1. The highest BCUT2D eigenvalue weighted by atomic mass is 16.1. The van der Waals surface area contributed by atoms with Crippen molar-refractivity contribution in [1.29, 1.82) is 0 Å². The van der Waals surface area contributed by atoms with Crippen LogP contribution in [0.4, 0.5) is 0 Å². The second-order valence-corrected chi connectivity index (χ2v) is 2.70. The smallest absolute Gasteiger partial charge is 0.258 e. The molecule has 3 nitrogen and oxygen atoms in total. The maximum Gasteiger partial charge on any atom is 0.258 e. The molecule has 12 heavy (non-hydrogen) atoms. The summed E-state index contributed by atoms with van der Waals surface area (Å²) in [7, 11) is 0. The molecule has 2 aromatic rings. The molecule has 1 heterocycles. The number of para-hydroxylation sites is 1. The molecule has 1 aromatic heterocycles. The van der Waals surface area contributed by atoms with E-state index in [4.69, 9.17) is 0 Å². The topological polar surface area (TPSA) is 45.8 Å². The summed E-state index contributed by atoms with van der Waals surface area (Å²) in [6.45, 7) is 1.94. The SMILES string of the molecule is Cc1cccc2c(=O)[nH]cnc12. The van der Waals surface area contributed by atoms with Crippen LogP contribution in [0.2, 0.25) is 0 Å². The van der Waals surface area contributed by atoms with Crippen molar-refractivity contribution < 1.29 is 0 Å². The molecule has 0 amide bonds. The number of benzene rings is 1. The molecule has 0 saturated heterocycles. The van der Waals surface area contributed by atoms with Crippen LogP contribution in [0.3, 0.4) is 0 Å². The number of aryl methyl sites for hydroxylation is 1. The molecule has 0 saturated carbocycles. The van der Waals surface area contributed by atoms with Crippen LogP contribution in [0, 0.1) is 6.92 Å². The minimum absolute atomic E-state index is 0.0799. The van der Waals surface area contributed by atoms with E-state index < -0.39 is 0 Å². The van der Waals surface area contributed by atoms with E-state index in [1.165, 1.54) is 6.33 Å². The Labute approximate surface area is 69.1 Å². The van der Waals surface area contributed by atoms with E-state index in [-0.39, 0.29) is 5.56 Å². The summed E-state index contributed by atoms with van der Waals surface area (Å²) in [5, 5.41) is 0.650. The van der Waals surface area contributed by atoms with Gasteiger partial charge in [-0.1, -0.05) is 12.1 Å².